The Bertz CT molecular complexity index is 782. The number of nitrogens with zero attached hydrogens (tertiary/aromatic N) is 4. The van der Waals surface area contributed by atoms with E-state index >= 15 is 0 Å². The minimum atomic E-state index is -0.121. The van der Waals surface area contributed by atoms with Gasteiger partial charge in [-0.15, -0.1) is 5.10 Å². The molecular weight excluding hydrogens is 328 g/mol. The summed E-state index contributed by atoms with van der Waals surface area (Å²) in [5.41, 5.74) is 0.860. The second kappa shape index (κ2) is 5.94. The predicted octanol–water partition coefficient (Wildman–Crippen LogP) is 0.465. The predicted molar refractivity (Wildman–Crippen MR) is 83.6 cm³/mol. The highest BCUT2D eigenvalue weighted by Crippen LogP contribution is 2.38. The molecule has 4 heterocycles. The lowest BCUT2D eigenvalue weighted by Gasteiger charge is -2.20. The van der Waals surface area contributed by atoms with Crippen LogP contribution in [-0.2, 0) is 14.2 Å². The van der Waals surface area contributed by atoms with Gasteiger partial charge in [-0.25, -0.2) is 4.68 Å². The van der Waals surface area contributed by atoms with E-state index in [0.29, 0.717) is 38.0 Å². The number of hydrogen-bond acceptors (Lipinski definition) is 8. The molecule has 3 aliphatic heterocycles. The van der Waals surface area contributed by atoms with E-state index < -0.39 is 0 Å². The molecule has 0 aliphatic carbocycles. The van der Waals surface area contributed by atoms with Crippen LogP contribution in [0.2, 0.25) is 0 Å². The third kappa shape index (κ3) is 2.38. The normalized spacial score (nSPS) is 30.4. The van der Waals surface area contributed by atoms with E-state index in [4.69, 9.17) is 23.7 Å². The summed E-state index contributed by atoms with van der Waals surface area (Å²) in [5.74, 6) is 2.09. The van der Waals surface area contributed by atoms with Crippen molar-refractivity contribution in [2.75, 3.05) is 33.5 Å². The van der Waals surface area contributed by atoms with Crippen molar-refractivity contribution in [1.82, 2.24) is 20.2 Å². The first kappa shape index (κ1) is 15.1. The lowest BCUT2D eigenvalue weighted by molar-refractivity contribution is -0.00906. The van der Waals surface area contributed by atoms with Gasteiger partial charge in [0.1, 0.15) is 37.6 Å². The van der Waals surface area contributed by atoms with Gasteiger partial charge in [0.05, 0.1) is 13.2 Å². The van der Waals surface area contributed by atoms with E-state index in [1.165, 1.54) is 0 Å². The summed E-state index contributed by atoms with van der Waals surface area (Å²) in [6.07, 6.45) is -0.263. The van der Waals surface area contributed by atoms with E-state index in [1.807, 2.05) is 18.2 Å². The Morgan fingerprint density at radius 3 is 2.80 bits per heavy atom. The number of aromatic nitrogens is 4. The molecule has 1 aromatic carbocycles. The van der Waals surface area contributed by atoms with Gasteiger partial charge < -0.3 is 23.7 Å². The van der Waals surface area contributed by atoms with Crippen LogP contribution >= 0.6 is 0 Å². The zero-order valence-electron chi connectivity index (χ0n) is 13.7. The Kier molecular flexibility index (Phi) is 3.58. The van der Waals surface area contributed by atoms with Crippen LogP contribution in [0.5, 0.6) is 11.5 Å². The Hall–Kier alpha value is -2.23. The molecule has 3 aliphatic rings. The first-order valence-electron chi connectivity index (χ1n) is 8.29. The summed E-state index contributed by atoms with van der Waals surface area (Å²) < 4.78 is 30.2. The molecule has 2 saturated heterocycles. The molecule has 2 fully saturated rings. The van der Waals surface area contributed by atoms with Crippen LogP contribution < -0.4 is 9.47 Å². The van der Waals surface area contributed by atoms with E-state index in [1.54, 1.807) is 11.8 Å². The number of benzene rings is 1. The summed E-state index contributed by atoms with van der Waals surface area (Å²) in [6, 6.07) is 5.61. The van der Waals surface area contributed by atoms with Crippen LogP contribution in [0.25, 0.3) is 11.4 Å². The molecule has 4 unspecified atom stereocenters. The van der Waals surface area contributed by atoms with Crippen molar-refractivity contribution in [2.45, 2.75) is 24.4 Å². The molecule has 25 heavy (non-hydrogen) atoms. The molecule has 2 aromatic rings. The maximum absolute atomic E-state index is 5.89. The Morgan fingerprint density at radius 1 is 1.08 bits per heavy atom. The topological polar surface area (TPSA) is 89.8 Å². The van der Waals surface area contributed by atoms with Crippen LogP contribution in [0, 0.1) is 0 Å². The molecule has 0 spiro atoms. The highest BCUT2D eigenvalue weighted by molar-refractivity contribution is 5.61. The Morgan fingerprint density at radius 2 is 1.92 bits per heavy atom. The van der Waals surface area contributed by atoms with Gasteiger partial charge in [0.15, 0.2) is 17.3 Å². The molecule has 1 aromatic heterocycles. The van der Waals surface area contributed by atoms with Gasteiger partial charge in [-0.3, -0.25) is 0 Å². The molecule has 5 rings (SSSR count). The minimum absolute atomic E-state index is 0.0516. The van der Waals surface area contributed by atoms with Crippen LogP contribution in [0.4, 0.5) is 0 Å². The number of fused-ring (bicyclic) bond motifs is 2. The summed E-state index contributed by atoms with van der Waals surface area (Å²) in [7, 11) is 1.67. The van der Waals surface area contributed by atoms with Gasteiger partial charge >= 0.3 is 0 Å². The highest BCUT2D eigenvalue weighted by atomic mass is 16.6. The lowest BCUT2D eigenvalue weighted by Crippen LogP contribution is -2.31. The molecule has 0 radical (unpaired) electrons. The fourth-order valence-electron chi connectivity index (χ4n) is 3.65. The lowest BCUT2D eigenvalue weighted by atomic mass is 10.1. The van der Waals surface area contributed by atoms with Crippen molar-refractivity contribution in [2.24, 2.45) is 0 Å². The Labute approximate surface area is 143 Å². The zero-order valence-corrected chi connectivity index (χ0v) is 13.7. The standard InChI is InChI=1S/C16H18N4O5/c1-21-13-8-25-14-10(7-24-15(13)14)20-16(17-18-19-20)9-2-3-11-12(6-9)23-5-4-22-11/h2-3,6,10,13-15H,4-5,7-8H2,1H3. The van der Waals surface area contributed by atoms with E-state index in [-0.39, 0.29) is 24.4 Å². The summed E-state index contributed by atoms with van der Waals surface area (Å²) in [6.45, 7) is 2.10. The summed E-state index contributed by atoms with van der Waals surface area (Å²) in [4.78, 5) is 0. The molecular formula is C16H18N4O5. The van der Waals surface area contributed by atoms with Gasteiger partial charge in [-0.2, -0.15) is 0 Å². The number of ether oxygens (including phenoxy) is 5. The largest absolute Gasteiger partial charge is 0.486 e. The SMILES string of the molecule is COC1COC2C1OCC2n1nnnc1-c1ccc2c(c1)OCCO2. The van der Waals surface area contributed by atoms with Crippen molar-refractivity contribution in [1.29, 1.82) is 0 Å². The van der Waals surface area contributed by atoms with E-state index in [9.17, 15) is 0 Å². The van der Waals surface area contributed by atoms with Crippen molar-refractivity contribution < 1.29 is 23.7 Å². The van der Waals surface area contributed by atoms with Gasteiger partial charge in [0, 0.05) is 12.7 Å². The second-order valence-corrected chi connectivity index (χ2v) is 6.24. The average Bonchev–Trinajstić information content (AvgIpc) is 3.36. The molecule has 9 heteroatoms. The van der Waals surface area contributed by atoms with Gasteiger partial charge in [0.25, 0.3) is 0 Å². The molecule has 9 nitrogen and oxygen atoms in total. The molecule has 132 valence electrons. The van der Waals surface area contributed by atoms with Crippen molar-refractivity contribution in [3.05, 3.63) is 18.2 Å². The van der Waals surface area contributed by atoms with Crippen LogP contribution in [0.15, 0.2) is 18.2 Å². The van der Waals surface area contributed by atoms with Crippen LogP contribution in [0.1, 0.15) is 6.04 Å². The molecule has 0 amide bonds. The molecule has 0 saturated carbocycles. The van der Waals surface area contributed by atoms with Crippen molar-refractivity contribution >= 4 is 0 Å². The third-order valence-corrected chi connectivity index (χ3v) is 4.89. The van der Waals surface area contributed by atoms with Crippen LogP contribution in [0.3, 0.4) is 0 Å². The second-order valence-electron chi connectivity index (χ2n) is 6.24. The minimum Gasteiger partial charge on any atom is -0.486 e. The summed E-state index contributed by atoms with van der Waals surface area (Å²) in [5, 5.41) is 12.2. The maximum atomic E-state index is 5.89. The first-order chi connectivity index (χ1) is 12.3. The van der Waals surface area contributed by atoms with E-state index in [2.05, 4.69) is 15.5 Å². The summed E-state index contributed by atoms with van der Waals surface area (Å²) >= 11 is 0. The molecule has 4 atom stereocenters. The maximum Gasteiger partial charge on any atom is 0.182 e. The quantitative estimate of drug-likeness (QED) is 0.792. The fourth-order valence-corrected chi connectivity index (χ4v) is 3.65. The Balaban J connectivity index is 1.47. The number of methoxy groups -OCH3 is 1. The fraction of sp³-hybridized carbons (Fsp3) is 0.562. The number of tetrazole rings is 1. The third-order valence-electron chi connectivity index (χ3n) is 4.89. The monoisotopic (exact) mass is 346 g/mol. The molecule has 0 bridgehead atoms. The number of rotatable bonds is 3. The number of hydrogen-bond donors (Lipinski definition) is 0. The van der Waals surface area contributed by atoms with Gasteiger partial charge in [0.2, 0.25) is 0 Å². The molecule has 0 N–H and O–H groups in total. The van der Waals surface area contributed by atoms with Gasteiger partial charge in [-0.1, -0.05) is 0 Å². The smallest absolute Gasteiger partial charge is 0.182 e. The van der Waals surface area contributed by atoms with Crippen molar-refractivity contribution in [3.63, 3.8) is 0 Å². The van der Waals surface area contributed by atoms with E-state index in [0.717, 1.165) is 11.3 Å². The van der Waals surface area contributed by atoms with Crippen molar-refractivity contribution in [3.8, 4) is 22.9 Å². The van der Waals surface area contributed by atoms with Crippen LogP contribution in [-0.4, -0.2) is 72.1 Å². The zero-order chi connectivity index (χ0) is 16.8. The highest BCUT2D eigenvalue weighted by Gasteiger charge is 2.49. The first-order valence-corrected chi connectivity index (χ1v) is 8.29. The van der Waals surface area contributed by atoms with Gasteiger partial charge in [-0.05, 0) is 28.6 Å². The average molecular weight is 346 g/mol.